The van der Waals surface area contributed by atoms with Crippen molar-refractivity contribution in [3.05, 3.63) is 23.8 Å². The molecule has 2 rings (SSSR count). The molecule has 1 N–H and O–H groups in total. The topological polar surface area (TPSA) is 68.2 Å². The lowest BCUT2D eigenvalue weighted by atomic mass is 10.1. The summed E-state index contributed by atoms with van der Waals surface area (Å²) < 4.78 is 15.4. The van der Waals surface area contributed by atoms with E-state index in [1.807, 2.05) is 0 Å². The minimum absolute atomic E-state index is 0.0833. The van der Waals surface area contributed by atoms with E-state index < -0.39 is 0 Å². The Bertz CT molecular complexity index is 449. The molecular formula is C13H17NO5. The van der Waals surface area contributed by atoms with Gasteiger partial charge in [-0.15, -0.1) is 0 Å². The largest absolute Gasteiger partial charge is 0.454 e. The molecule has 19 heavy (non-hydrogen) atoms. The van der Waals surface area contributed by atoms with E-state index in [0.29, 0.717) is 30.2 Å². The van der Waals surface area contributed by atoms with Crippen LogP contribution in [-0.2, 0) is 4.74 Å². The first-order valence-corrected chi connectivity index (χ1v) is 6.05. The molecule has 6 nitrogen and oxygen atoms in total. The van der Waals surface area contributed by atoms with Gasteiger partial charge in [-0.2, -0.15) is 0 Å². The van der Waals surface area contributed by atoms with Crippen molar-refractivity contribution in [2.24, 2.45) is 0 Å². The maximum absolute atomic E-state index is 12.3. The Hall–Kier alpha value is -1.79. The molecule has 1 aromatic carbocycles. The van der Waals surface area contributed by atoms with Crippen molar-refractivity contribution in [3.8, 4) is 11.5 Å². The highest BCUT2D eigenvalue weighted by Crippen LogP contribution is 2.32. The predicted octanol–water partition coefficient (Wildman–Crippen LogP) is 0.496. The maximum atomic E-state index is 12.3. The van der Waals surface area contributed by atoms with Crippen LogP contribution in [0.25, 0.3) is 0 Å². The Morgan fingerprint density at radius 1 is 1.37 bits per heavy atom. The summed E-state index contributed by atoms with van der Waals surface area (Å²) in [6.45, 7) is 1.23. The molecule has 0 aromatic heterocycles. The number of carbonyl (C=O) groups excluding carboxylic acids is 1. The van der Waals surface area contributed by atoms with Gasteiger partial charge in [0, 0.05) is 25.8 Å². The zero-order valence-electron chi connectivity index (χ0n) is 10.8. The van der Waals surface area contributed by atoms with Gasteiger partial charge in [-0.3, -0.25) is 4.79 Å². The molecule has 6 heteroatoms. The number of amides is 1. The third kappa shape index (κ3) is 3.15. The maximum Gasteiger partial charge on any atom is 0.254 e. The lowest BCUT2D eigenvalue weighted by Crippen LogP contribution is -2.36. The predicted molar refractivity (Wildman–Crippen MR) is 67.4 cm³/mol. The van der Waals surface area contributed by atoms with Crippen molar-refractivity contribution in [1.29, 1.82) is 0 Å². The van der Waals surface area contributed by atoms with Gasteiger partial charge >= 0.3 is 0 Å². The summed E-state index contributed by atoms with van der Waals surface area (Å²) >= 11 is 0. The molecule has 1 amide bonds. The Labute approximate surface area is 111 Å². The minimum atomic E-state index is -0.163. The van der Waals surface area contributed by atoms with Crippen molar-refractivity contribution >= 4 is 5.91 Å². The van der Waals surface area contributed by atoms with Crippen molar-refractivity contribution in [1.82, 2.24) is 4.90 Å². The van der Waals surface area contributed by atoms with Crippen LogP contribution in [0.5, 0.6) is 11.5 Å². The first-order valence-electron chi connectivity index (χ1n) is 6.05. The molecule has 0 bridgehead atoms. The van der Waals surface area contributed by atoms with Gasteiger partial charge < -0.3 is 24.2 Å². The lowest BCUT2D eigenvalue weighted by Gasteiger charge is -2.21. The van der Waals surface area contributed by atoms with Gasteiger partial charge in [-0.25, -0.2) is 0 Å². The number of nitrogens with zero attached hydrogens (tertiary/aromatic N) is 1. The van der Waals surface area contributed by atoms with Crippen LogP contribution in [0.3, 0.4) is 0 Å². The second kappa shape index (κ2) is 6.40. The van der Waals surface area contributed by atoms with E-state index in [9.17, 15) is 4.79 Å². The van der Waals surface area contributed by atoms with Gasteiger partial charge in [0.1, 0.15) is 0 Å². The third-order valence-electron chi connectivity index (χ3n) is 2.84. The smallest absolute Gasteiger partial charge is 0.254 e. The number of fused-ring (bicyclic) bond motifs is 1. The van der Waals surface area contributed by atoms with Crippen LogP contribution in [0.1, 0.15) is 10.4 Å². The summed E-state index contributed by atoms with van der Waals surface area (Å²) in [5.74, 6) is 1.05. The Balaban J connectivity index is 2.11. The van der Waals surface area contributed by atoms with Crippen LogP contribution in [0, 0.1) is 0 Å². The number of rotatable bonds is 6. The van der Waals surface area contributed by atoms with Crippen molar-refractivity contribution < 1.29 is 24.1 Å². The molecule has 0 fully saturated rings. The molecule has 1 aromatic rings. The minimum Gasteiger partial charge on any atom is -0.454 e. The second-order valence-electron chi connectivity index (χ2n) is 4.08. The molecule has 1 aliphatic heterocycles. The first-order chi connectivity index (χ1) is 9.26. The summed E-state index contributed by atoms with van der Waals surface area (Å²) in [5.41, 5.74) is 0.508. The standard InChI is InChI=1S/C13H17NO5/c1-17-7-5-14(4-6-15)13(16)10-2-3-11-12(8-10)19-9-18-11/h2-3,8,15H,4-7,9H2,1H3. The molecule has 0 atom stereocenters. The van der Waals surface area contributed by atoms with Crippen LogP contribution in [-0.4, -0.2) is 56.1 Å². The number of benzene rings is 1. The van der Waals surface area contributed by atoms with E-state index in [4.69, 9.17) is 19.3 Å². The van der Waals surface area contributed by atoms with E-state index in [0.717, 1.165) is 0 Å². The monoisotopic (exact) mass is 267 g/mol. The van der Waals surface area contributed by atoms with Crippen molar-refractivity contribution in [3.63, 3.8) is 0 Å². The van der Waals surface area contributed by atoms with Crippen LogP contribution in [0.4, 0.5) is 0 Å². The zero-order valence-corrected chi connectivity index (χ0v) is 10.8. The lowest BCUT2D eigenvalue weighted by molar-refractivity contribution is 0.0656. The summed E-state index contributed by atoms with van der Waals surface area (Å²) in [7, 11) is 1.57. The van der Waals surface area contributed by atoms with Crippen molar-refractivity contribution in [2.45, 2.75) is 0 Å². The summed E-state index contributed by atoms with van der Waals surface area (Å²) in [5, 5.41) is 9.01. The molecule has 0 aliphatic carbocycles. The van der Waals surface area contributed by atoms with Crippen LogP contribution < -0.4 is 9.47 Å². The number of aliphatic hydroxyl groups is 1. The van der Waals surface area contributed by atoms with Gasteiger partial charge in [0.15, 0.2) is 11.5 Å². The SMILES string of the molecule is COCCN(CCO)C(=O)c1ccc2c(c1)OCO2. The molecule has 0 saturated heterocycles. The normalized spacial score (nSPS) is 12.5. The molecule has 0 radical (unpaired) electrons. The number of ether oxygens (including phenoxy) is 3. The Morgan fingerprint density at radius 2 is 2.16 bits per heavy atom. The van der Waals surface area contributed by atoms with E-state index in [1.54, 1.807) is 30.2 Å². The van der Waals surface area contributed by atoms with E-state index >= 15 is 0 Å². The van der Waals surface area contributed by atoms with E-state index in [-0.39, 0.29) is 25.9 Å². The number of hydrogen-bond donors (Lipinski definition) is 1. The molecule has 0 saturated carbocycles. The number of aliphatic hydroxyl groups excluding tert-OH is 1. The fraction of sp³-hybridized carbons (Fsp3) is 0.462. The average Bonchev–Trinajstić information content (AvgIpc) is 2.90. The van der Waals surface area contributed by atoms with Crippen LogP contribution in [0.15, 0.2) is 18.2 Å². The highest BCUT2D eigenvalue weighted by atomic mass is 16.7. The van der Waals surface area contributed by atoms with Gasteiger partial charge in [0.25, 0.3) is 5.91 Å². The highest BCUT2D eigenvalue weighted by molar-refractivity contribution is 5.95. The summed E-state index contributed by atoms with van der Waals surface area (Å²) in [4.78, 5) is 13.8. The van der Waals surface area contributed by atoms with Gasteiger partial charge in [-0.05, 0) is 18.2 Å². The van der Waals surface area contributed by atoms with Gasteiger partial charge in [0.05, 0.1) is 13.2 Å². The molecular weight excluding hydrogens is 250 g/mol. The first kappa shape index (κ1) is 13.6. The number of methoxy groups -OCH3 is 1. The molecule has 1 aliphatic rings. The second-order valence-corrected chi connectivity index (χ2v) is 4.08. The van der Waals surface area contributed by atoms with E-state index in [1.165, 1.54) is 0 Å². The summed E-state index contributed by atoms with van der Waals surface area (Å²) in [6.07, 6.45) is 0. The van der Waals surface area contributed by atoms with Crippen LogP contribution >= 0.6 is 0 Å². The van der Waals surface area contributed by atoms with Crippen LogP contribution in [0.2, 0.25) is 0 Å². The zero-order chi connectivity index (χ0) is 13.7. The van der Waals surface area contributed by atoms with Gasteiger partial charge in [0.2, 0.25) is 6.79 Å². The molecule has 1 heterocycles. The van der Waals surface area contributed by atoms with Crippen molar-refractivity contribution in [2.75, 3.05) is 40.2 Å². The third-order valence-corrected chi connectivity index (χ3v) is 2.84. The summed E-state index contributed by atoms with van der Waals surface area (Å²) in [6, 6.07) is 5.05. The number of hydrogen-bond acceptors (Lipinski definition) is 5. The quantitative estimate of drug-likeness (QED) is 0.812. The fourth-order valence-electron chi connectivity index (χ4n) is 1.85. The van der Waals surface area contributed by atoms with E-state index in [2.05, 4.69) is 0 Å². The Kier molecular flexibility index (Phi) is 4.59. The molecule has 0 spiro atoms. The number of carbonyl (C=O) groups is 1. The molecule has 0 unspecified atom stereocenters. The highest BCUT2D eigenvalue weighted by Gasteiger charge is 2.19. The Morgan fingerprint density at radius 3 is 2.89 bits per heavy atom. The fourth-order valence-corrected chi connectivity index (χ4v) is 1.85. The van der Waals surface area contributed by atoms with Gasteiger partial charge in [-0.1, -0.05) is 0 Å². The molecule has 104 valence electrons. The average molecular weight is 267 g/mol.